The molecule has 0 saturated carbocycles. The molecule has 154 valence electrons. The first kappa shape index (κ1) is 21.5. The lowest BCUT2D eigenvalue weighted by Crippen LogP contribution is -2.51. The second-order valence-corrected chi connectivity index (χ2v) is 8.00. The van der Waals surface area contributed by atoms with Crippen LogP contribution in [0, 0.1) is 5.92 Å². The standard InChI is InChI=1S/C20H30N4O4/c1-20(2,3)23-19(27)24-11-9-14(10-12-24)13-21-17(25)18(26)22-15-5-7-16(28-4)8-6-15/h5-8,14H,9-13H2,1-4H3,(H,21,25)(H,22,26)(H,23,27). The number of ether oxygens (including phenoxy) is 1. The molecule has 8 nitrogen and oxygen atoms in total. The summed E-state index contributed by atoms with van der Waals surface area (Å²) < 4.78 is 5.05. The molecule has 8 heteroatoms. The van der Waals surface area contributed by atoms with Crippen LogP contribution in [0.1, 0.15) is 33.6 Å². The zero-order valence-corrected chi connectivity index (χ0v) is 17.0. The second kappa shape index (κ2) is 9.43. The Morgan fingerprint density at radius 1 is 1.07 bits per heavy atom. The Kier molecular flexibility index (Phi) is 7.25. The van der Waals surface area contributed by atoms with Crippen LogP contribution in [0.3, 0.4) is 0 Å². The Balaban J connectivity index is 1.71. The maximum absolute atomic E-state index is 12.2. The van der Waals surface area contributed by atoms with Gasteiger partial charge in [-0.3, -0.25) is 9.59 Å². The summed E-state index contributed by atoms with van der Waals surface area (Å²) in [5, 5.41) is 8.19. The Hall–Kier alpha value is -2.77. The van der Waals surface area contributed by atoms with Gasteiger partial charge in [0.2, 0.25) is 0 Å². The number of hydrogen-bond acceptors (Lipinski definition) is 4. The molecule has 2 rings (SSSR count). The highest BCUT2D eigenvalue weighted by Crippen LogP contribution is 2.17. The Bertz CT molecular complexity index is 689. The summed E-state index contributed by atoms with van der Waals surface area (Å²) in [4.78, 5) is 38.0. The number of hydrogen-bond donors (Lipinski definition) is 3. The van der Waals surface area contributed by atoms with Gasteiger partial charge in [-0.25, -0.2) is 4.79 Å². The molecule has 1 saturated heterocycles. The minimum Gasteiger partial charge on any atom is -0.497 e. The van der Waals surface area contributed by atoms with Crippen molar-refractivity contribution in [1.29, 1.82) is 0 Å². The topological polar surface area (TPSA) is 99.8 Å². The van der Waals surface area contributed by atoms with Gasteiger partial charge in [0.15, 0.2) is 0 Å². The summed E-state index contributed by atoms with van der Waals surface area (Å²) >= 11 is 0. The highest BCUT2D eigenvalue weighted by Gasteiger charge is 2.26. The lowest BCUT2D eigenvalue weighted by molar-refractivity contribution is -0.136. The number of piperidine rings is 1. The fourth-order valence-corrected chi connectivity index (χ4v) is 2.92. The van der Waals surface area contributed by atoms with E-state index in [1.165, 1.54) is 0 Å². The number of urea groups is 1. The van der Waals surface area contributed by atoms with Crippen molar-refractivity contribution in [2.75, 3.05) is 32.1 Å². The summed E-state index contributed by atoms with van der Waals surface area (Å²) in [6.07, 6.45) is 1.58. The highest BCUT2D eigenvalue weighted by atomic mass is 16.5. The molecule has 1 aromatic carbocycles. The van der Waals surface area contributed by atoms with Gasteiger partial charge in [0, 0.05) is 30.9 Å². The molecule has 0 atom stereocenters. The first-order valence-corrected chi connectivity index (χ1v) is 9.48. The Morgan fingerprint density at radius 3 is 2.21 bits per heavy atom. The van der Waals surface area contributed by atoms with E-state index in [-0.39, 0.29) is 17.5 Å². The fourth-order valence-electron chi connectivity index (χ4n) is 2.92. The van der Waals surface area contributed by atoms with Gasteiger partial charge in [-0.05, 0) is 63.8 Å². The van der Waals surface area contributed by atoms with Crippen LogP contribution in [0.15, 0.2) is 24.3 Å². The maximum atomic E-state index is 12.2. The van der Waals surface area contributed by atoms with Crippen molar-refractivity contribution in [1.82, 2.24) is 15.5 Å². The van der Waals surface area contributed by atoms with Crippen LogP contribution in [0.25, 0.3) is 0 Å². The fraction of sp³-hybridized carbons (Fsp3) is 0.550. The van der Waals surface area contributed by atoms with E-state index in [4.69, 9.17) is 4.74 Å². The maximum Gasteiger partial charge on any atom is 0.317 e. The smallest absolute Gasteiger partial charge is 0.317 e. The molecule has 4 amide bonds. The van der Waals surface area contributed by atoms with Crippen LogP contribution < -0.4 is 20.7 Å². The van der Waals surface area contributed by atoms with Crippen molar-refractivity contribution in [3.63, 3.8) is 0 Å². The van der Waals surface area contributed by atoms with Gasteiger partial charge < -0.3 is 25.6 Å². The molecular formula is C20H30N4O4. The normalized spacial score (nSPS) is 14.9. The summed E-state index contributed by atoms with van der Waals surface area (Å²) in [6, 6.07) is 6.69. The van der Waals surface area contributed by atoms with E-state index < -0.39 is 11.8 Å². The van der Waals surface area contributed by atoms with Gasteiger partial charge in [0.1, 0.15) is 5.75 Å². The summed E-state index contributed by atoms with van der Waals surface area (Å²) in [6.45, 7) is 7.54. The molecule has 1 aliphatic heterocycles. The van der Waals surface area contributed by atoms with Crippen LogP contribution >= 0.6 is 0 Å². The summed E-state index contributed by atoms with van der Waals surface area (Å²) in [7, 11) is 1.56. The van der Waals surface area contributed by atoms with Gasteiger partial charge in [0.05, 0.1) is 7.11 Å². The first-order chi connectivity index (χ1) is 13.2. The third-order valence-electron chi connectivity index (χ3n) is 4.49. The molecule has 0 radical (unpaired) electrons. The van der Waals surface area contributed by atoms with Gasteiger partial charge in [0.25, 0.3) is 0 Å². The number of rotatable bonds is 4. The van der Waals surface area contributed by atoms with Crippen LogP contribution in [-0.2, 0) is 9.59 Å². The van der Waals surface area contributed by atoms with Crippen molar-refractivity contribution in [3.05, 3.63) is 24.3 Å². The number of carbonyl (C=O) groups excluding carboxylic acids is 3. The van der Waals surface area contributed by atoms with Crippen molar-refractivity contribution < 1.29 is 19.1 Å². The van der Waals surface area contributed by atoms with Gasteiger partial charge in [-0.15, -0.1) is 0 Å². The molecule has 0 aliphatic carbocycles. The van der Waals surface area contributed by atoms with Crippen molar-refractivity contribution in [2.24, 2.45) is 5.92 Å². The zero-order valence-electron chi connectivity index (χ0n) is 17.0. The molecular weight excluding hydrogens is 360 g/mol. The molecule has 1 aromatic rings. The number of nitrogens with one attached hydrogen (secondary N) is 3. The number of benzene rings is 1. The van der Waals surface area contributed by atoms with E-state index in [1.54, 1.807) is 36.3 Å². The molecule has 3 N–H and O–H groups in total. The monoisotopic (exact) mass is 390 g/mol. The number of likely N-dealkylation sites (tertiary alicyclic amines) is 1. The first-order valence-electron chi connectivity index (χ1n) is 9.48. The van der Waals surface area contributed by atoms with Crippen molar-refractivity contribution >= 4 is 23.5 Å². The number of nitrogens with zero attached hydrogens (tertiary/aromatic N) is 1. The molecule has 0 spiro atoms. The molecule has 0 bridgehead atoms. The molecule has 0 aromatic heterocycles. The third kappa shape index (κ3) is 6.75. The molecule has 0 unspecified atom stereocenters. The molecule has 1 fully saturated rings. The van der Waals surface area contributed by atoms with Crippen LogP contribution in [0.4, 0.5) is 10.5 Å². The zero-order chi connectivity index (χ0) is 20.7. The number of amides is 4. The van der Waals surface area contributed by atoms with Gasteiger partial charge in [-0.2, -0.15) is 0 Å². The minimum absolute atomic E-state index is 0.0612. The predicted octanol–water partition coefficient (Wildman–Crippen LogP) is 1.97. The Morgan fingerprint density at radius 2 is 1.68 bits per heavy atom. The quantitative estimate of drug-likeness (QED) is 0.685. The van der Waals surface area contributed by atoms with E-state index in [9.17, 15) is 14.4 Å². The van der Waals surface area contributed by atoms with Crippen molar-refractivity contribution in [2.45, 2.75) is 39.2 Å². The van der Waals surface area contributed by atoms with E-state index >= 15 is 0 Å². The van der Waals surface area contributed by atoms with Gasteiger partial charge >= 0.3 is 17.8 Å². The lowest BCUT2D eigenvalue weighted by atomic mass is 9.97. The van der Waals surface area contributed by atoms with Crippen LogP contribution in [0.2, 0.25) is 0 Å². The lowest BCUT2D eigenvalue weighted by Gasteiger charge is -2.34. The second-order valence-electron chi connectivity index (χ2n) is 8.00. The average Bonchev–Trinajstić information content (AvgIpc) is 2.65. The summed E-state index contributed by atoms with van der Waals surface area (Å²) in [5.41, 5.74) is 0.262. The van der Waals surface area contributed by atoms with Crippen molar-refractivity contribution in [3.8, 4) is 5.75 Å². The number of carbonyl (C=O) groups is 3. The number of methoxy groups -OCH3 is 1. The third-order valence-corrected chi connectivity index (χ3v) is 4.49. The Labute approximate surface area is 166 Å². The molecule has 1 aliphatic rings. The highest BCUT2D eigenvalue weighted by molar-refractivity contribution is 6.39. The predicted molar refractivity (Wildman–Crippen MR) is 107 cm³/mol. The average molecular weight is 390 g/mol. The van der Waals surface area contributed by atoms with E-state index in [0.29, 0.717) is 31.1 Å². The number of anilines is 1. The van der Waals surface area contributed by atoms with E-state index in [2.05, 4.69) is 16.0 Å². The largest absolute Gasteiger partial charge is 0.497 e. The SMILES string of the molecule is COc1ccc(NC(=O)C(=O)NCC2CCN(C(=O)NC(C)(C)C)CC2)cc1. The van der Waals surface area contributed by atoms with Crippen LogP contribution in [0.5, 0.6) is 5.75 Å². The molecule has 1 heterocycles. The van der Waals surface area contributed by atoms with Gasteiger partial charge in [-0.1, -0.05) is 0 Å². The van der Waals surface area contributed by atoms with Crippen LogP contribution in [-0.4, -0.2) is 55.0 Å². The molecule has 28 heavy (non-hydrogen) atoms. The minimum atomic E-state index is -0.702. The van der Waals surface area contributed by atoms with E-state index in [0.717, 1.165) is 12.8 Å². The summed E-state index contributed by atoms with van der Waals surface area (Å²) in [5.74, 6) is -0.447. The van der Waals surface area contributed by atoms with E-state index in [1.807, 2.05) is 20.8 Å².